The molecule has 2 aromatic rings. The maximum Gasteiger partial charge on any atom is 0.280 e. The van der Waals surface area contributed by atoms with Crippen LogP contribution >= 0.6 is 27.3 Å². The number of hydrogen-bond acceptors (Lipinski definition) is 7. The van der Waals surface area contributed by atoms with Crippen molar-refractivity contribution in [3.05, 3.63) is 27.2 Å². The third-order valence-electron chi connectivity index (χ3n) is 3.10. The van der Waals surface area contributed by atoms with Crippen molar-refractivity contribution in [1.29, 1.82) is 0 Å². The normalized spacial score (nSPS) is 13.3. The van der Waals surface area contributed by atoms with Crippen LogP contribution in [-0.4, -0.2) is 33.7 Å². The second kappa shape index (κ2) is 7.31. The Morgan fingerprint density at radius 1 is 1.43 bits per heavy atom. The number of sulfonamides is 1. The van der Waals surface area contributed by atoms with Gasteiger partial charge in [0.25, 0.3) is 16.4 Å². The number of thiophene rings is 1. The van der Waals surface area contributed by atoms with E-state index in [9.17, 15) is 8.42 Å². The molecule has 0 saturated carbocycles. The highest BCUT2D eigenvalue weighted by Crippen LogP contribution is 2.35. The third-order valence-corrected chi connectivity index (χ3v) is 6.90. The van der Waals surface area contributed by atoms with Crippen molar-refractivity contribution >= 4 is 43.2 Å². The summed E-state index contributed by atoms with van der Waals surface area (Å²) in [6.45, 7) is 5.48. The highest BCUT2D eigenvalue weighted by molar-refractivity contribution is 9.11. The molecule has 0 aliphatic rings. The summed E-state index contributed by atoms with van der Waals surface area (Å²) in [4.78, 5) is 0. The van der Waals surface area contributed by atoms with Crippen molar-refractivity contribution in [3.63, 3.8) is 0 Å². The molecule has 0 aliphatic carbocycles. The van der Waals surface area contributed by atoms with Crippen molar-refractivity contribution in [3.8, 4) is 0 Å². The van der Waals surface area contributed by atoms with E-state index in [1.165, 1.54) is 13.2 Å². The Bertz CT molecular complexity index is 771. The molecule has 1 unspecified atom stereocenters. The van der Waals surface area contributed by atoms with Gasteiger partial charge in [-0.2, -0.15) is 12.7 Å². The van der Waals surface area contributed by atoms with Crippen LogP contribution in [0.2, 0.25) is 0 Å². The average molecular weight is 425 g/mol. The SMILES string of the molecule is CCOC(OC)N(c1onc(C)c1C)S(=O)(=O)c1ccc(Br)s1. The van der Waals surface area contributed by atoms with Crippen LogP contribution in [0.5, 0.6) is 0 Å². The Balaban J connectivity index is 2.59. The molecule has 0 bridgehead atoms. The topological polar surface area (TPSA) is 81.9 Å². The molecule has 0 aromatic carbocycles. The monoisotopic (exact) mass is 424 g/mol. The minimum atomic E-state index is -3.94. The van der Waals surface area contributed by atoms with E-state index in [1.807, 2.05) is 0 Å². The molecule has 2 rings (SSSR count). The lowest BCUT2D eigenvalue weighted by Crippen LogP contribution is -2.43. The summed E-state index contributed by atoms with van der Waals surface area (Å²) in [7, 11) is -2.57. The first kappa shape index (κ1) is 18.4. The Kier molecular flexibility index (Phi) is 5.84. The molecular formula is C13H17BrN2O5S2. The highest BCUT2D eigenvalue weighted by Gasteiger charge is 2.37. The summed E-state index contributed by atoms with van der Waals surface area (Å²) in [6, 6.07) is 3.17. The number of anilines is 1. The lowest BCUT2D eigenvalue weighted by atomic mass is 10.3. The second-order valence-corrected chi connectivity index (χ2v) is 9.06. The molecule has 128 valence electrons. The smallest absolute Gasteiger partial charge is 0.280 e. The van der Waals surface area contributed by atoms with E-state index < -0.39 is 16.4 Å². The molecule has 23 heavy (non-hydrogen) atoms. The van der Waals surface area contributed by atoms with Crippen LogP contribution in [0.4, 0.5) is 5.88 Å². The minimum absolute atomic E-state index is 0.0762. The Labute approximate surface area is 147 Å². The van der Waals surface area contributed by atoms with E-state index in [0.29, 0.717) is 15.0 Å². The predicted octanol–water partition coefficient (Wildman–Crippen LogP) is 3.28. The predicted molar refractivity (Wildman–Crippen MR) is 90.1 cm³/mol. The Morgan fingerprint density at radius 3 is 2.57 bits per heavy atom. The van der Waals surface area contributed by atoms with E-state index in [4.69, 9.17) is 14.0 Å². The van der Waals surface area contributed by atoms with Gasteiger partial charge in [0.2, 0.25) is 5.88 Å². The van der Waals surface area contributed by atoms with Gasteiger partial charge in [0.15, 0.2) is 0 Å². The zero-order chi connectivity index (χ0) is 17.2. The molecule has 0 saturated heterocycles. The maximum atomic E-state index is 13.1. The Morgan fingerprint density at radius 2 is 2.13 bits per heavy atom. The fraction of sp³-hybridized carbons (Fsp3) is 0.462. The van der Waals surface area contributed by atoms with Gasteiger partial charge in [0.05, 0.1) is 9.48 Å². The van der Waals surface area contributed by atoms with Crippen LogP contribution in [0.25, 0.3) is 0 Å². The molecule has 0 spiro atoms. The first-order valence-corrected chi connectivity index (χ1v) is 9.75. The molecule has 0 fully saturated rings. The van der Waals surface area contributed by atoms with Crippen molar-refractivity contribution in [2.75, 3.05) is 18.0 Å². The first-order chi connectivity index (χ1) is 10.8. The summed E-state index contributed by atoms with van der Waals surface area (Å²) >= 11 is 4.36. The van der Waals surface area contributed by atoms with Gasteiger partial charge in [-0.3, -0.25) is 0 Å². The molecule has 10 heteroatoms. The number of ether oxygens (including phenoxy) is 2. The van der Waals surface area contributed by atoms with E-state index in [2.05, 4.69) is 21.1 Å². The largest absolute Gasteiger partial charge is 0.338 e. The summed E-state index contributed by atoms with van der Waals surface area (Å²) in [5.74, 6) is 0.0762. The zero-order valence-corrected chi connectivity index (χ0v) is 16.3. The van der Waals surface area contributed by atoms with E-state index >= 15 is 0 Å². The van der Waals surface area contributed by atoms with Gasteiger partial charge in [-0.1, -0.05) is 5.16 Å². The number of halogens is 1. The molecule has 2 heterocycles. The zero-order valence-electron chi connectivity index (χ0n) is 13.1. The summed E-state index contributed by atoms with van der Waals surface area (Å²) in [5, 5.41) is 3.83. The van der Waals surface area contributed by atoms with Gasteiger partial charge in [0.1, 0.15) is 4.21 Å². The standard InChI is InChI=1S/C13H17BrN2O5S2/c1-5-20-13(19-4)16(12-8(2)9(3)15-21-12)23(17,18)11-7-6-10(14)22-11/h6-7,13H,5H2,1-4H3. The molecule has 0 amide bonds. The van der Waals surface area contributed by atoms with Gasteiger partial charge in [0, 0.05) is 19.3 Å². The van der Waals surface area contributed by atoms with E-state index in [1.54, 1.807) is 26.8 Å². The number of aromatic nitrogens is 1. The summed E-state index contributed by atoms with van der Waals surface area (Å²) in [6.07, 6.45) is -1.16. The first-order valence-electron chi connectivity index (χ1n) is 6.70. The van der Waals surface area contributed by atoms with Crippen LogP contribution in [0.3, 0.4) is 0 Å². The lowest BCUT2D eigenvalue weighted by Gasteiger charge is -2.28. The lowest BCUT2D eigenvalue weighted by molar-refractivity contribution is -0.112. The molecule has 0 aliphatic heterocycles. The summed E-state index contributed by atoms with van der Waals surface area (Å²) < 4.78 is 43.8. The van der Waals surface area contributed by atoms with Crippen LogP contribution in [0, 0.1) is 13.8 Å². The van der Waals surface area contributed by atoms with E-state index in [-0.39, 0.29) is 16.7 Å². The minimum Gasteiger partial charge on any atom is -0.338 e. The summed E-state index contributed by atoms with van der Waals surface area (Å²) in [5.41, 5.74) is 1.20. The third kappa shape index (κ3) is 3.61. The second-order valence-electron chi connectivity index (χ2n) is 4.56. The van der Waals surface area contributed by atoms with Gasteiger partial charge in [-0.05, 0) is 48.8 Å². The molecule has 0 N–H and O–H groups in total. The van der Waals surface area contributed by atoms with E-state index in [0.717, 1.165) is 15.6 Å². The number of methoxy groups -OCH3 is 1. The number of hydrogen-bond donors (Lipinski definition) is 0. The molecular weight excluding hydrogens is 408 g/mol. The maximum absolute atomic E-state index is 13.1. The van der Waals surface area contributed by atoms with Gasteiger partial charge < -0.3 is 14.0 Å². The average Bonchev–Trinajstić information content (AvgIpc) is 3.07. The quantitative estimate of drug-likeness (QED) is 0.634. The molecule has 2 aromatic heterocycles. The number of aryl methyl sites for hydroxylation is 1. The fourth-order valence-electron chi connectivity index (χ4n) is 1.83. The van der Waals surface area contributed by atoms with Gasteiger partial charge in [-0.25, -0.2) is 0 Å². The van der Waals surface area contributed by atoms with Crippen LogP contribution in [-0.2, 0) is 19.5 Å². The van der Waals surface area contributed by atoms with Crippen molar-refractivity contribution in [2.24, 2.45) is 0 Å². The van der Waals surface area contributed by atoms with Gasteiger partial charge in [-0.15, -0.1) is 11.3 Å². The molecule has 1 atom stereocenters. The van der Waals surface area contributed by atoms with Crippen molar-refractivity contribution < 1.29 is 22.4 Å². The van der Waals surface area contributed by atoms with Crippen molar-refractivity contribution in [2.45, 2.75) is 31.4 Å². The van der Waals surface area contributed by atoms with Crippen molar-refractivity contribution in [1.82, 2.24) is 5.16 Å². The van der Waals surface area contributed by atoms with Crippen LogP contribution in [0.15, 0.2) is 24.7 Å². The number of nitrogens with zero attached hydrogens (tertiary/aromatic N) is 2. The molecule has 0 radical (unpaired) electrons. The van der Waals surface area contributed by atoms with Crippen LogP contribution < -0.4 is 4.31 Å². The fourth-order valence-corrected chi connectivity index (χ4v) is 5.40. The van der Waals surface area contributed by atoms with Gasteiger partial charge >= 0.3 is 0 Å². The number of rotatable bonds is 7. The highest BCUT2D eigenvalue weighted by atomic mass is 79.9. The van der Waals surface area contributed by atoms with Crippen LogP contribution in [0.1, 0.15) is 18.2 Å². The Hall–Kier alpha value is -0.940. The molecule has 7 nitrogen and oxygen atoms in total.